The van der Waals surface area contributed by atoms with Crippen LogP contribution in [0.15, 0.2) is 73.1 Å². The molecule has 4 N–H and O–H groups in total. The van der Waals surface area contributed by atoms with Gasteiger partial charge in [0.05, 0.1) is 25.6 Å². The van der Waals surface area contributed by atoms with Crippen molar-refractivity contribution in [1.82, 2.24) is 0 Å². The normalized spacial score (nSPS) is 14.9. The molecule has 10 heteroatoms. The van der Waals surface area contributed by atoms with Crippen molar-refractivity contribution >= 4 is 13.8 Å². The predicted molar refractivity (Wildman–Crippen MR) is 211 cm³/mol. The van der Waals surface area contributed by atoms with Crippen molar-refractivity contribution in [3.8, 4) is 0 Å². The Labute approximate surface area is 310 Å². The first kappa shape index (κ1) is 48.7. The number of carbonyl (C=O) groups is 1. The van der Waals surface area contributed by atoms with Crippen molar-refractivity contribution in [2.24, 2.45) is 5.73 Å². The van der Waals surface area contributed by atoms with Gasteiger partial charge in [-0.1, -0.05) is 145 Å². The lowest BCUT2D eigenvalue weighted by atomic mass is 10.0. The smallest absolute Gasteiger partial charge is 0.472 e. The van der Waals surface area contributed by atoms with E-state index >= 15 is 0 Å². The summed E-state index contributed by atoms with van der Waals surface area (Å²) >= 11 is 0. The van der Waals surface area contributed by atoms with Gasteiger partial charge in [-0.2, -0.15) is 0 Å². The van der Waals surface area contributed by atoms with Crippen molar-refractivity contribution < 1.29 is 37.9 Å². The number of aliphatic hydroxyl groups is 1. The molecule has 0 aromatic carbocycles. The second kappa shape index (κ2) is 37.5. The second-order valence-electron chi connectivity index (χ2n) is 12.7. The second-order valence-corrected chi connectivity index (χ2v) is 14.1. The average Bonchev–Trinajstić information content (AvgIpc) is 3.11. The minimum absolute atomic E-state index is 0.0438. The number of allylic oxidation sites excluding steroid dienone is 10. The van der Waals surface area contributed by atoms with Gasteiger partial charge in [-0.05, 0) is 57.4 Å². The van der Waals surface area contributed by atoms with Crippen molar-refractivity contribution in [2.75, 3.05) is 26.4 Å². The summed E-state index contributed by atoms with van der Waals surface area (Å²) in [5.74, 6) is -0.515. The summed E-state index contributed by atoms with van der Waals surface area (Å²) in [7, 11) is -4.35. The van der Waals surface area contributed by atoms with Crippen molar-refractivity contribution in [1.29, 1.82) is 0 Å². The number of phosphoric ester groups is 1. The minimum atomic E-state index is -4.35. The van der Waals surface area contributed by atoms with E-state index in [0.717, 1.165) is 38.5 Å². The van der Waals surface area contributed by atoms with E-state index in [0.29, 0.717) is 12.8 Å². The highest BCUT2D eigenvalue weighted by Gasteiger charge is 2.25. The molecule has 0 heterocycles. The number of carbonyl (C=O) groups excluding carboxylic acids is 1. The number of aliphatic hydroxyl groups excluding tert-OH is 1. The lowest BCUT2D eigenvalue weighted by Gasteiger charge is -2.19. The molecule has 0 radical (unpaired) electrons. The fraction of sp³-hybridized carbons (Fsp3) is 0.683. The Morgan fingerprint density at radius 1 is 0.725 bits per heavy atom. The van der Waals surface area contributed by atoms with E-state index in [4.69, 9.17) is 24.3 Å². The molecule has 294 valence electrons. The van der Waals surface area contributed by atoms with Gasteiger partial charge in [-0.15, -0.1) is 0 Å². The maximum atomic E-state index is 12.5. The van der Waals surface area contributed by atoms with Crippen LogP contribution >= 0.6 is 7.82 Å². The zero-order chi connectivity index (χ0) is 37.5. The molecule has 0 saturated heterocycles. The Kier molecular flexibility index (Phi) is 35.8. The molecular weight excluding hydrogens is 665 g/mol. The van der Waals surface area contributed by atoms with Gasteiger partial charge in [0.25, 0.3) is 0 Å². The first-order valence-electron chi connectivity index (χ1n) is 19.6. The minimum Gasteiger partial charge on any atom is -0.498 e. The monoisotopic (exact) mass is 737 g/mol. The van der Waals surface area contributed by atoms with E-state index in [-0.39, 0.29) is 32.8 Å². The molecule has 0 amide bonds. The Morgan fingerprint density at radius 3 is 1.92 bits per heavy atom. The van der Waals surface area contributed by atoms with E-state index < -0.39 is 26.0 Å². The van der Waals surface area contributed by atoms with Crippen LogP contribution in [-0.2, 0) is 27.9 Å². The molecule has 51 heavy (non-hydrogen) atoms. The zero-order valence-corrected chi connectivity index (χ0v) is 32.8. The summed E-state index contributed by atoms with van der Waals surface area (Å²) in [6.45, 7) is 3.87. The zero-order valence-electron chi connectivity index (χ0n) is 31.9. The fourth-order valence-electron chi connectivity index (χ4n) is 4.93. The quantitative estimate of drug-likeness (QED) is 0.0143. The highest BCUT2D eigenvalue weighted by atomic mass is 31.2. The van der Waals surface area contributed by atoms with Crippen LogP contribution in [0.25, 0.3) is 0 Å². The van der Waals surface area contributed by atoms with E-state index in [1.165, 1.54) is 70.6 Å². The molecule has 0 aliphatic heterocycles. The predicted octanol–water partition coefficient (Wildman–Crippen LogP) is 10.5. The number of esters is 1. The summed E-state index contributed by atoms with van der Waals surface area (Å²) in [6, 6.07) is 0. The molecule has 0 bridgehead atoms. The summed E-state index contributed by atoms with van der Waals surface area (Å²) in [5.41, 5.74) is 5.34. The van der Waals surface area contributed by atoms with Gasteiger partial charge < -0.3 is 25.2 Å². The molecule has 0 aromatic rings. The van der Waals surface area contributed by atoms with Crippen LogP contribution in [-0.4, -0.2) is 54.5 Å². The van der Waals surface area contributed by atoms with E-state index in [2.05, 4.69) is 50.3 Å². The lowest BCUT2D eigenvalue weighted by molar-refractivity contribution is -0.153. The number of unbranched alkanes of at least 4 members (excludes halogenated alkanes) is 12. The van der Waals surface area contributed by atoms with Gasteiger partial charge in [0, 0.05) is 13.0 Å². The maximum absolute atomic E-state index is 12.5. The van der Waals surface area contributed by atoms with Crippen LogP contribution in [0.5, 0.6) is 0 Å². The standard InChI is InChI=1S/C41H72NO8P/c1-3-5-7-9-11-13-15-17-19-21-23-25-27-29-35-47-37-40(38-49-51(45,46)48-36-34-42)50-41(44)33-30-32-39(43)31-28-26-24-22-20-18-16-14-12-10-8-6-4-2/h6,8,12,14,18,20,24,26,28-29,31,35,39-40,43H,3-5,7,9-11,13,15-17,19,21-23,25,27,30,32-34,36-38,42H2,1-2H3,(H,45,46)/b8-6-,14-12-,20-18-,26-24-,31-28+,35-29+/t39?,40-/m1/s1. The molecule has 3 atom stereocenters. The Hall–Kier alpha value is -2.26. The first-order valence-corrected chi connectivity index (χ1v) is 21.1. The van der Waals surface area contributed by atoms with Crippen LogP contribution in [0.1, 0.15) is 142 Å². The Balaban J connectivity index is 4.38. The number of ether oxygens (including phenoxy) is 2. The van der Waals surface area contributed by atoms with Crippen LogP contribution in [0.3, 0.4) is 0 Å². The third-order valence-corrected chi connectivity index (χ3v) is 8.79. The summed E-state index contributed by atoms with van der Waals surface area (Å²) in [4.78, 5) is 22.4. The molecule has 0 saturated carbocycles. The molecule has 0 aliphatic carbocycles. The molecule has 0 aromatic heterocycles. The highest BCUT2D eigenvalue weighted by molar-refractivity contribution is 7.47. The van der Waals surface area contributed by atoms with Gasteiger partial charge in [-0.3, -0.25) is 13.8 Å². The summed E-state index contributed by atoms with van der Waals surface area (Å²) < 4.78 is 32.9. The molecule has 0 aliphatic rings. The SMILES string of the molecule is CC/C=C\C/C=C\C/C=C\C/C=C\C=C\C(O)CCCC(=O)O[C@H](CO/C=C/CCCCCCCCCCCCCC)COP(=O)(O)OCCN. The number of phosphoric acid groups is 1. The van der Waals surface area contributed by atoms with Crippen molar-refractivity contribution in [3.05, 3.63) is 73.1 Å². The lowest BCUT2D eigenvalue weighted by Crippen LogP contribution is -2.28. The van der Waals surface area contributed by atoms with Crippen molar-refractivity contribution in [2.45, 2.75) is 154 Å². The van der Waals surface area contributed by atoms with E-state index in [9.17, 15) is 19.4 Å². The molecule has 2 unspecified atom stereocenters. The van der Waals surface area contributed by atoms with Gasteiger partial charge in [0.15, 0.2) is 6.10 Å². The van der Waals surface area contributed by atoms with Gasteiger partial charge in [0.1, 0.15) is 6.61 Å². The van der Waals surface area contributed by atoms with Gasteiger partial charge >= 0.3 is 13.8 Å². The highest BCUT2D eigenvalue weighted by Crippen LogP contribution is 2.43. The van der Waals surface area contributed by atoms with E-state index in [1.54, 1.807) is 18.4 Å². The Bertz CT molecular complexity index is 1020. The van der Waals surface area contributed by atoms with E-state index in [1.807, 2.05) is 18.2 Å². The van der Waals surface area contributed by atoms with Crippen LogP contribution in [0, 0.1) is 0 Å². The van der Waals surface area contributed by atoms with Crippen LogP contribution < -0.4 is 5.73 Å². The number of rotatable bonds is 36. The third-order valence-electron chi connectivity index (χ3n) is 7.81. The molecule has 0 fully saturated rings. The summed E-state index contributed by atoms with van der Waals surface area (Å²) in [5, 5.41) is 10.2. The Morgan fingerprint density at radius 2 is 1.31 bits per heavy atom. The number of nitrogens with two attached hydrogens (primary N) is 1. The van der Waals surface area contributed by atoms with Gasteiger partial charge in [-0.25, -0.2) is 4.57 Å². The first-order chi connectivity index (χ1) is 24.8. The largest absolute Gasteiger partial charge is 0.498 e. The maximum Gasteiger partial charge on any atom is 0.472 e. The van der Waals surface area contributed by atoms with Gasteiger partial charge in [0.2, 0.25) is 0 Å². The molecule has 0 spiro atoms. The molecule has 0 rings (SSSR count). The number of hydrogen-bond acceptors (Lipinski definition) is 8. The third kappa shape index (κ3) is 37.3. The summed E-state index contributed by atoms with van der Waals surface area (Å²) in [6.07, 6.45) is 43.2. The number of hydrogen-bond donors (Lipinski definition) is 3. The topological polar surface area (TPSA) is 138 Å². The fourth-order valence-corrected chi connectivity index (χ4v) is 5.70. The molecular formula is C41H72NO8P. The van der Waals surface area contributed by atoms with Crippen LogP contribution in [0.4, 0.5) is 0 Å². The molecule has 9 nitrogen and oxygen atoms in total. The van der Waals surface area contributed by atoms with Crippen molar-refractivity contribution in [3.63, 3.8) is 0 Å². The average molecular weight is 738 g/mol. The van der Waals surface area contributed by atoms with Crippen LogP contribution in [0.2, 0.25) is 0 Å².